The van der Waals surface area contributed by atoms with Crippen molar-refractivity contribution in [2.75, 3.05) is 5.32 Å². The Balaban J connectivity index is 1.37. The fourth-order valence-corrected chi connectivity index (χ4v) is 5.84. The summed E-state index contributed by atoms with van der Waals surface area (Å²) in [7, 11) is 0. The van der Waals surface area contributed by atoms with Crippen molar-refractivity contribution in [2.45, 2.75) is 95.8 Å². The summed E-state index contributed by atoms with van der Waals surface area (Å²) in [4.78, 5) is 2.93. The first-order valence-corrected chi connectivity index (χ1v) is 10.9. The maximum Gasteiger partial charge on any atom is 0.171 e. The maximum absolute atomic E-state index is 5.65. The van der Waals surface area contributed by atoms with Gasteiger partial charge in [-0.2, -0.15) is 0 Å². The first-order valence-electron chi connectivity index (χ1n) is 10.5. The smallest absolute Gasteiger partial charge is 0.171 e. The predicted octanol–water partition coefficient (Wildman–Crippen LogP) is 4.92. The largest absolute Gasteiger partial charge is 0.360 e. The number of anilines is 1. The monoisotopic (exact) mass is 371 g/mol. The van der Waals surface area contributed by atoms with Crippen molar-refractivity contribution in [2.24, 2.45) is 0 Å². The molecule has 2 saturated heterocycles. The van der Waals surface area contributed by atoms with Gasteiger partial charge in [0.25, 0.3) is 0 Å². The summed E-state index contributed by atoms with van der Waals surface area (Å²) < 4.78 is 0. The summed E-state index contributed by atoms with van der Waals surface area (Å²) in [5, 5.41) is 7.87. The molecule has 0 spiro atoms. The maximum atomic E-state index is 5.65. The molecule has 0 radical (unpaired) electrons. The summed E-state index contributed by atoms with van der Waals surface area (Å²) in [5.74, 6) is 0. The Morgan fingerprint density at radius 3 is 2.31 bits per heavy atom. The van der Waals surface area contributed by atoms with Crippen molar-refractivity contribution in [3.63, 3.8) is 0 Å². The number of nitrogens with one attached hydrogen (secondary N) is 2. The molecule has 1 saturated carbocycles. The number of hydrogen-bond acceptors (Lipinski definition) is 2. The number of rotatable bonds is 3. The molecule has 0 aromatic heterocycles. The normalized spacial score (nSPS) is 29.5. The lowest BCUT2D eigenvalue weighted by Gasteiger charge is -2.52. The van der Waals surface area contributed by atoms with Crippen molar-refractivity contribution in [1.82, 2.24) is 10.2 Å². The quantitative estimate of drug-likeness (QED) is 0.738. The zero-order chi connectivity index (χ0) is 18.1. The Kier molecular flexibility index (Phi) is 5.51. The molecule has 2 heterocycles. The van der Waals surface area contributed by atoms with E-state index in [1.807, 2.05) is 0 Å². The molecule has 1 aliphatic carbocycles. The lowest BCUT2D eigenvalue weighted by Crippen LogP contribution is -2.59. The van der Waals surface area contributed by atoms with Gasteiger partial charge in [-0.05, 0) is 81.8 Å². The molecule has 2 N–H and O–H groups in total. The van der Waals surface area contributed by atoms with Gasteiger partial charge in [-0.25, -0.2) is 0 Å². The zero-order valence-electron chi connectivity index (χ0n) is 16.3. The fourth-order valence-electron chi connectivity index (χ4n) is 5.56. The molecular weight excluding hydrogens is 338 g/mol. The number of aryl methyl sites for hydroxylation is 1. The van der Waals surface area contributed by atoms with Gasteiger partial charge in [0.1, 0.15) is 0 Å². The van der Waals surface area contributed by atoms with Crippen LogP contribution in [0.15, 0.2) is 18.2 Å². The number of nitrogens with zero attached hydrogens (tertiary/aromatic N) is 1. The molecule has 142 valence electrons. The van der Waals surface area contributed by atoms with Crippen molar-refractivity contribution in [3.05, 3.63) is 29.3 Å². The molecule has 3 fully saturated rings. The molecule has 1 aromatic rings. The molecular formula is C22H33N3S. The van der Waals surface area contributed by atoms with Crippen LogP contribution in [0.3, 0.4) is 0 Å². The Morgan fingerprint density at radius 1 is 0.962 bits per heavy atom. The van der Waals surface area contributed by atoms with Gasteiger partial charge in [-0.1, -0.05) is 31.4 Å². The Bertz CT molecular complexity index is 639. The summed E-state index contributed by atoms with van der Waals surface area (Å²) in [6.07, 6.45) is 12.4. The second kappa shape index (κ2) is 7.85. The highest BCUT2D eigenvalue weighted by molar-refractivity contribution is 7.80. The van der Waals surface area contributed by atoms with Crippen LogP contribution in [-0.2, 0) is 0 Å². The second-order valence-corrected chi connectivity index (χ2v) is 9.05. The summed E-state index contributed by atoms with van der Waals surface area (Å²) in [6.45, 7) is 4.31. The van der Waals surface area contributed by atoms with Crippen LogP contribution in [0.25, 0.3) is 0 Å². The van der Waals surface area contributed by atoms with E-state index in [1.165, 1.54) is 68.9 Å². The van der Waals surface area contributed by atoms with Crippen LogP contribution in [0.2, 0.25) is 0 Å². The summed E-state index contributed by atoms with van der Waals surface area (Å²) in [6, 6.07) is 9.29. The van der Waals surface area contributed by atoms with Crippen LogP contribution in [0.1, 0.15) is 68.9 Å². The van der Waals surface area contributed by atoms with E-state index in [9.17, 15) is 0 Å². The van der Waals surface area contributed by atoms with Crippen LogP contribution >= 0.6 is 12.2 Å². The van der Waals surface area contributed by atoms with Crippen molar-refractivity contribution >= 4 is 23.0 Å². The third-order valence-corrected chi connectivity index (χ3v) is 7.19. The topological polar surface area (TPSA) is 27.3 Å². The molecule has 4 heteroatoms. The molecule has 2 bridgehead atoms. The molecule has 1 aromatic carbocycles. The molecule has 3 aliphatic rings. The van der Waals surface area contributed by atoms with Crippen LogP contribution in [0.5, 0.6) is 0 Å². The molecule has 2 aliphatic heterocycles. The van der Waals surface area contributed by atoms with Crippen LogP contribution in [0, 0.1) is 13.8 Å². The average molecular weight is 372 g/mol. The van der Waals surface area contributed by atoms with E-state index >= 15 is 0 Å². The highest BCUT2D eigenvalue weighted by Gasteiger charge is 2.42. The van der Waals surface area contributed by atoms with E-state index in [4.69, 9.17) is 12.2 Å². The SMILES string of the molecule is Cc1cccc(NC(=S)NC2C[C@H]3CCC[C@H](C2)N3C2CCCC2)c1C. The number of fused-ring (bicyclic) bond motifs is 2. The van der Waals surface area contributed by atoms with E-state index in [0.717, 1.165) is 28.9 Å². The first-order chi connectivity index (χ1) is 12.6. The fraction of sp³-hybridized carbons (Fsp3) is 0.682. The molecule has 4 rings (SSSR count). The zero-order valence-corrected chi connectivity index (χ0v) is 17.1. The number of benzene rings is 1. The minimum atomic E-state index is 0.521. The van der Waals surface area contributed by atoms with Crippen LogP contribution < -0.4 is 10.6 Å². The Labute approximate surface area is 163 Å². The molecule has 26 heavy (non-hydrogen) atoms. The number of hydrogen-bond donors (Lipinski definition) is 2. The lowest BCUT2D eigenvalue weighted by molar-refractivity contribution is -0.00596. The third kappa shape index (κ3) is 3.77. The van der Waals surface area contributed by atoms with Gasteiger partial charge in [-0.3, -0.25) is 4.90 Å². The number of piperidine rings is 2. The second-order valence-electron chi connectivity index (χ2n) is 8.64. The minimum Gasteiger partial charge on any atom is -0.360 e. The Morgan fingerprint density at radius 2 is 1.62 bits per heavy atom. The van der Waals surface area contributed by atoms with Gasteiger partial charge < -0.3 is 10.6 Å². The Hall–Kier alpha value is -1.13. The van der Waals surface area contributed by atoms with Gasteiger partial charge in [-0.15, -0.1) is 0 Å². The van der Waals surface area contributed by atoms with Gasteiger partial charge >= 0.3 is 0 Å². The van der Waals surface area contributed by atoms with Gasteiger partial charge in [0.2, 0.25) is 0 Å². The van der Waals surface area contributed by atoms with E-state index in [-0.39, 0.29) is 0 Å². The highest BCUT2D eigenvalue weighted by Crippen LogP contribution is 2.39. The van der Waals surface area contributed by atoms with E-state index in [0.29, 0.717) is 6.04 Å². The third-order valence-electron chi connectivity index (χ3n) is 6.97. The number of thiocarbonyl (C=S) groups is 1. The highest BCUT2D eigenvalue weighted by atomic mass is 32.1. The van der Waals surface area contributed by atoms with Gasteiger partial charge in [0, 0.05) is 29.9 Å². The lowest BCUT2D eigenvalue weighted by atomic mass is 9.80. The van der Waals surface area contributed by atoms with E-state index < -0.39 is 0 Å². The van der Waals surface area contributed by atoms with Crippen LogP contribution in [0.4, 0.5) is 5.69 Å². The van der Waals surface area contributed by atoms with Crippen molar-refractivity contribution in [1.29, 1.82) is 0 Å². The minimum absolute atomic E-state index is 0.521. The first kappa shape index (κ1) is 18.2. The average Bonchev–Trinajstić information content (AvgIpc) is 3.12. The van der Waals surface area contributed by atoms with Gasteiger partial charge in [0.15, 0.2) is 5.11 Å². The molecule has 0 amide bonds. The van der Waals surface area contributed by atoms with Gasteiger partial charge in [0.05, 0.1) is 0 Å². The summed E-state index contributed by atoms with van der Waals surface area (Å²) in [5.41, 5.74) is 3.72. The molecule has 3 nitrogen and oxygen atoms in total. The molecule has 0 unspecified atom stereocenters. The standard InChI is InChI=1S/C22H33N3S/c1-15-7-5-12-21(16(15)2)24-22(26)23-17-13-19-10-6-11-20(14-17)25(19)18-8-3-4-9-18/h5,7,12,17-20H,3-4,6,8-11,13-14H2,1-2H3,(H2,23,24,26)/t19-,20-/m1/s1. The van der Waals surface area contributed by atoms with E-state index in [1.54, 1.807) is 0 Å². The predicted molar refractivity (Wildman–Crippen MR) is 114 cm³/mol. The molecule has 2 atom stereocenters. The van der Waals surface area contributed by atoms with Crippen LogP contribution in [-0.4, -0.2) is 34.2 Å². The summed E-state index contributed by atoms with van der Waals surface area (Å²) >= 11 is 5.65. The van der Waals surface area contributed by atoms with Crippen molar-refractivity contribution < 1.29 is 0 Å². The van der Waals surface area contributed by atoms with Crippen molar-refractivity contribution in [3.8, 4) is 0 Å². The van der Waals surface area contributed by atoms with E-state index in [2.05, 4.69) is 47.6 Å².